The Balaban J connectivity index is 2.79. The summed E-state index contributed by atoms with van der Waals surface area (Å²) < 4.78 is 0. The minimum Gasteiger partial charge on any atom is -0.348 e. The van der Waals surface area contributed by atoms with Crippen molar-refractivity contribution in [2.75, 3.05) is 13.6 Å². The summed E-state index contributed by atoms with van der Waals surface area (Å²) in [6.07, 6.45) is 7.58. The average Bonchev–Trinajstić information content (AvgIpc) is 2.62. The van der Waals surface area contributed by atoms with Crippen LogP contribution < -0.4 is 16.1 Å². The van der Waals surface area contributed by atoms with Crippen molar-refractivity contribution in [2.45, 2.75) is 65.6 Å². The lowest BCUT2D eigenvalue weighted by Gasteiger charge is -2.35. The van der Waals surface area contributed by atoms with Crippen molar-refractivity contribution in [3.8, 4) is 0 Å². The summed E-state index contributed by atoms with van der Waals surface area (Å²) >= 11 is 0. The zero-order valence-electron chi connectivity index (χ0n) is 16.4. The molecule has 6 heteroatoms. The normalized spacial score (nSPS) is 21.5. The molecule has 1 aliphatic rings. The largest absolute Gasteiger partial charge is 0.348 e. The van der Waals surface area contributed by atoms with Crippen molar-refractivity contribution in [1.82, 2.24) is 21.1 Å². The van der Waals surface area contributed by atoms with E-state index in [1.807, 2.05) is 39.0 Å². The fourth-order valence-corrected chi connectivity index (χ4v) is 2.95. The molecule has 1 fully saturated rings. The highest BCUT2D eigenvalue weighted by Gasteiger charge is 2.31. The average molecular weight is 351 g/mol. The molecule has 1 rings (SSSR count). The molecule has 25 heavy (non-hydrogen) atoms. The first-order chi connectivity index (χ1) is 11.8. The summed E-state index contributed by atoms with van der Waals surface area (Å²) in [4.78, 5) is 25.1. The van der Waals surface area contributed by atoms with Crippen LogP contribution in [0.2, 0.25) is 0 Å². The first-order valence-corrected chi connectivity index (χ1v) is 9.19. The highest BCUT2D eigenvalue weighted by atomic mass is 16.2. The van der Waals surface area contributed by atoms with Gasteiger partial charge in [0.05, 0.1) is 12.1 Å². The van der Waals surface area contributed by atoms with Crippen LogP contribution in [0.15, 0.2) is 23.8 Å². The van der Waals surface area contributed by atoms with Crippen molar-refractivity contribution in [1.29, 1.82) is 0 Å². The Bertz CT molecular complexity index is 514. The maximum absolute atomic E-state index is 12.8. The molecule has 0 spiro atoms. The van der Waals surface area contributed by atoms with Crippen LogP contribution in [0.1, 0.15) is 47.5 Å². The van der Waals surface area contributed by atoms with Crippen LogP contribution in [0.4, 0.5) is 0 Å². The molecule has 3 unspecified atom stereocenters. The van der Waals surface area contributed by atoms with E-state index in [1.54, 1.807) is 12.1 Å². The van der Waals surface area contributed by atoms with Gasteiger partial charge in [-0.1, -0.05) is 32.1 Å². The molecule has 0 aromatic rings. The van der Waals surface area contributed by atoms with Crippen LogP contribution in [-0.2, 0) is 9.59 Å². The van der Waals surface area contributed by atoms with E-state index < -0.39 is 0 Å². The van der Waals surface area contributed by atoms with Crippen molar-refractivity contribution in [2.24, 2.45) is 5.92 Å². The number of allylic oxidation sites excluding steroid dienone is 2. The van der Waals surface area contributed by atoms with Gasteiger partial charge in [0.15, 0.2) is 0 Å². The van der Waals surface area contributed by atoms with Gasteiger partial charge < -0.3 is 10.6 Å². The third kappa shape index (κ3) is 5.97. The summed E-state index contributed by atoms with van der Waals surface area (Å²) in [5.41, 5.74) is 4.19. The molecule has 142 valence electrons. The number of amides is 2. The van der Waals surface area contributed by atoms with Gasteiger partial charge in [-0.25, -0.2) is 5.43 Å². The van der Waals surface area contributed by atoms with Crippen LogP contribution in [0.3, 0.4) is 0 Å². The zero-order valence-corrected chi connectivity index (χ0v) is 16.4. The van der Waals surface area contributed by atoms with Gasteiger partial charge in [0.25, 0.3) is 5.91 Å². The Hall–Kier alpha value is -1.66. The molecule has 2 amide bonds. The van der Waals surface area contributed by atoms with Crippen molar-refractivity contribution in [3.05, 3.63) is 23.8 Å². The number of rotatable bonds is 7. The maximum Gasteiger partial charge on any atom is 0.253 e. The van der Waals surface area contributed by atoms with Gasteiger partial charge in [-0.05, 0) is 52.2 Å². The standard InChI is InChI=1S/C19H34N4O2/c1-7-10-15(8-2)17(13(3)4)21-18(24)16-11-9-12-23(22-16)19(25)14(5)20-6/h7-8,10,13-14,16-17,20,22H,9,11-12H2,1-6H3,(H,21,24). The molecular formula is C19H34N4O2. The van der Waals surface area contributed by atoms with Gasteiger partial charge in [0.2, 0.25) is 5.91 Å². The minimum atomic E-state index is -0.383. The number of hydrogen-bond donors (Lipinski definition) is 3. The highest BCUT2D eigenvalue weighted by Crippen LogP contribution is 2.16. The van der Waals surface area contributed by atoms with Crippen molar-refractivity contribution >= 4 is 11.8 Å². The molecule has 0 radical (unpaired) electrons. The maximum atomic E-state index is 12.8. The van der Waals surface area contributed by atoms with Crippen LogP contribution in [0, 0.1) is 5.92 Å². The van der Waals surface area contributed by atoms with Crippen LogP contribution >= 0.6 is 0 Å². The van der Waals surface area contributed by atoms with E-state index in [1.165, 1.54) is 0 Å². The highest BCUT2D eigenvalue weighted by molar-refractivity contribution is 5.85. The summed E-state index contributed by atoms with van der Waals surface area (Å²) in [7, 11) is 1.75. The Morgan fingerprint density at radius 2 is 1.92 bits per heavy atom. The molecule has 0 aliphatic carbocycles. The Labute approximate surface area is 152 Å². The van der Waals surface area contributed by atoms with Gasteiger partial charge in [-0.3, -0.25) is 14.6 Å². The van der Waals surface area contributed by atoms with Crippen LogP contribution in [0.25, 0.3) is 0 Å². The number of hydrogen-bond acceptors (Lipinski definition) is 4. The van der Waals surface area contributed by atoms with Gasteiger partial charge in [-0.15, -0.1) is 0 Å². The minimum absolute atomic E-state index is 0.0385. The summed E-state index contributed by atoms with van der Waals surface area (Å²) in [6.45, 7) is 10.6. The first-order valence-electron chi connectivity index (χ1n) is 9.19. The quantitative estimate of drug-likeness (QED) is 0.612. The Kier molecular flexibility index (Phi) is 8.86. The second kappa shape index (κ2) is 10.4. The fourth-order valence-electron chi connectivity index (χ4n) is 2.95. The topological polar surface area (TPSA) is 73.5 Å². The molecule has 3 atom stereocenters. The van der Waals surface area contributed by atoms with Gasteiger partial charge >= 0.3 is 0 Å². The van der Waals surface area contributed by atoms with Crippen molar-refractivity contribution in [3.63, 3.8) is 0 Å². The number of carbonyl (C=O) groups is 2. The number of hydrazine groups is 1. The molecule has 0 bridgehead atoms. The first kappa shape index (κ1) is 21.4. The van der Waals surface area contributed by atoms with Gasteiger partial charge in [-0.2, -0.15) is 0 Å². The van der Waals surface area contributed by atoms with E-state index in [0.29, 0.717) is 6.54 Å². The molecule has 0 saturated carbocycles. The van der Waals surface area contributed by atoms with E-state index in [0.717, 1.165) is 18.4 Å². The van der Waals surface area contributed by atoms with E-state index in [2.05, 4.69) is 29.9 Å². The monoisotopic (exact) mass is 350 g/mol. The Morgan fingerprint density at radius 3 is 2.44 bits per heavy atom. The van der Waals surface area contributed by atoms with Crippen LogP contribution in [-0.4, -0.2) is 48.5 Å². The van der Waals surface area contributed by atoms with Gasteiger partial charge in [0.1, 0.15) is 6.04 Å². The molecule has 1 aliphatic heterocycles. The van der Waals surface area contributed by atoms with E-state index in [9.17, 15) is 9.59 Å². The second-order valence-electron chi connectivity index (χ2n) is 6.84. The summed E-state index contributed by atoms with van der Waals surface area (Å²) in [5, 5.41) is 7.66. The number of likely N-dealkylation sites (N-methyl/N-ethyl adjacent to an activating group) is 1. The van der Waals surface area contributed by atoms with E-state index in [-0.39, 0.29) is 35.9 Å². The lowest BCUT2D eigenvalue weighted by Crippen LogP contribution is -2.61. The third-order valence-corrected chi connectivity index (χ3v) is 4.59. The number of nitrogens with one attached hydrogen (secondary N) is 3. The molecule has 6 nitrogen and oxygen atoms in total. The number of carbonyl (C=O) groups excluding carboxylic acids is 2. The second-order valence-corrected chi connectivity index (χ2v) is 6.84. The van der Waals surface area contributed by atoms with Crippen molar-refractivity contribution < 1.29 is 9.59 Å². The Morgan fingerprint density at radius 1 is 1.24 bits per heavy atom. The SMILES string of the molecule is CC=CC(=CC)C(NC(=O)C1CCCN(C(=O)C(C)NC)N1)C(C)C. The smallest absolute Gasteiger partial charge is 0.253 e. The summed E-state index contributed by atoms with van der Waals surface area (Å²) in [5.74, 6) is 0.178. The predicted molar refractivity (Wildman–Crippen MR) is 102 cm³/mol. The third-order valence-electron chi connectivity index (χ3n) is 4.59. The molecule has 0 aromatic carbocycles. The molecule has 1 heterocycles. The molecule has 3 N–H and O–H groups in total. The van der Waals surface area contributed by atoms with Crippen LogP contribution in [0.5, 0.6) is 0 Å². The number of nitrogens with zero attached hydrogens (tertiary/aromatic N) is 1. The molecule has 1 saturated heterocycles. The lowest BCUT2D eigenvalue weighted by atomic mass is 9.94. The van der Waals surface area contributed by atoms with E-state index in [4.69, 9.17) is 0 Å². The lowest BCUT2D eigenvalue weighted by molar-refractivity contribution is -0.141. The molecule has 0 aromatic heterocycles. The van der Waals surface area contributed by atoms with E-state index >= 15 is 0 Å². The van der Waals surface area contributed by atoms with Gasteiger partial charge in [0, 0.05) is 6.54 Å². The summed E-state index contributed by atoms with van der Waals surface area (Å²) in [6, 6.07) is -0.702. The fraction of sp³-hybridized carbons (Fsp3) is 0.684. The predicted octanol–water partition coefficient (Wildman–Crippen LogP) is 1.75. The zero-order chi connectivity index (χ0) is 19.0. The molecular weight excluding hydrogens is 316 g/mol.